The topological polar surface area (TPSA) is 61.4 Å². The normalized spacial score (nSPS) is 20.0. The van der Waals surface area contributed by atoms with Gasteiger partial charge < -0.3 is 5.32 Å². The van der Waals surface area contributed by atoms with E-state index in [9.17, 15) is 8.42 Å². The van der Waals surface area contributed by atoms with Gasteiger partial charge in [0.15, 0.2) is 0 Å². The molecule has 0 amide bonds. The highest BCUT2D eigenvalue weighted by atomic mass is 32.2. The van der Waals surface area contributed by atoms with Gasteiger partial charge >= 0.3 is 10.2 Å². The van der Waals surface area contributed by atoms with Gasteiger partial charge in [0.05, 0.1) is 5.69 Å². The zero-order valence-corrected chi connectivity index (χ0v) is 12.4. The van der Waals surface area contributed by atoms with Crippen molar-refractivity contribution in [2.24, 2.45) is 0 Å². The fourth-order valence-corrected chi connectivity index (χ4v) is 4.15. The highest BCUT2D eigenvalue weighted by Gasteiger charge is 2.24. The molecule has 0 saturated carbocycles. The second-order valence-corrected chi connectivity index (χ2v) is 7.14. The average molecular weight is 295 g/mol. The van der Waals surface area contributed by atoms with E-state index < -0.39 is 10.2 Å². The minimum Gasteiger partial charge on any atom is -0.385 e. The van der Waals surface area contributed by atoms with Gasteiger partial charge in [0.2, 0.25) is 0 Å². The molecule has 2 aliphatic rings. The van der Waals surface area contributed by atoms with Gasteiger partial charge in [0.1, 0.15) is 0 Å². The average Bonchev–Trinajstić information content (AvgIpc) is 2.48. The third-order valence-electron chi connectivity index (χ3n) is 3.95. The van der Waals surface area contributed by atoms with Crippen LogP contribution < -0.4 is 10.0 Å². The Kier molecular flexibility index (Phi) is 3.85. The molecule has 0 bridgehead atoms. The monoisotopic (exact) mass is 295 g/mol. The van der Waals surface area contributed by atoms with Gasteiger partial charge in [-0.3, -0.25) is 4.72 Å². The van der Waals surface area contributed by atoms with Crippen LogP contribution in [0.5, 0.6) is 0 Å². The van der Waals surface area contributed by atoms with Gasteiger partial charge in [-0.15, -0.1) is 0 Å². The molecule has 6 heteroatoms. The van der Waals surface area contributed by atoms with E-state index in [1.165, 1.54) is 5.56 Å². The Labute approximate surface area is 120 Å². The molecule has 0 atom stereocenters. The number of hydrogen-bond donors (Lipinski definition) is 2. The molecule has 0 unspecified atom stereocenters. The van der Waals surface area contributed by atoms with E-state index in [4.69, 9.17) is 0 Å². The first kappa shape index (κ1) is 13.7. The SMILES string of the molecule is O=S(=O)(Nc1ccc2c(c1)CCCN2)N1CCCCC1. The summed E-state index contributed by atoms with van der Waals surface area (Å²) in [6, 6.07) is 5.74. The van der Waals surface area contributed by atoms with Gasteiger partial charge in [-0.2, -0.15) is 12.7 Å². The highest BCUT2D eigenvalue weighted by Crippen LogP contribution is 2.26. The maximum Gasteiger partial charge on any atom is 0.301 e. The molecule has 0 spiro atoms. The summed E-state index contributed by atoms with van der Waals surface area (Å²) in [6.07, 6.45) is 5.12. The Balaban J connectivity index is 1.76. The predicted octanol–water partition coefficient (Wildman–Crippen LogP) is 2.19. The van der Waals surface area contributed by atoms with E-state index in [2.05, 4.69) is 10.0 Å². The fourth-order valence-electron chi connectivity index (χ4n) is 2.86. The van der Waals surface area contributed by atoms with Crippen LogP contribution in [0.4, 0.5) is 11.4 Å². The summed E-state index contributed by atoms with van der Waals surface area (Å²) >= 11 is 0. The van der Waals surface area contributed by atoms with Crippen molar-refractivity contribution in [3.63, 3.8) is 0 Å². The first-order valence-electron chi connectivity index (χ1n) is 7.30. The summed E-state index contributed by atoms with van der Waals surface area (Å²) in [5.41, 5.74) is 2.98. The second-order valence-electron chi connectivity index (χ2n) is 5.47. The van der Waals surface area contributed by atoms with Crippen molar-refractivity contribution >= 4 is 21.6 Å². The third kappa shape index (κ3) is 2.91. The third-order valence-corrected chi connectivity index (χ3v) is 5.48. The molecule has 1 aromatic rings. The van der Waals surface area contributed by atoms with Crippen LogP contribution in [0.1, 0.15) is 31.2 Å². The van der Waals surface area contributed by atoms with Crippen molar-refractivity contribution in [3.8, 4) is 0 Å². The summed E-state index contributed by atoms with van der Waals surface area (Å²) < 4.78 is 28.9. The van der Waals surface area contributed by atoms with Crippen LogP contribution in [0.15, 0.2) is 18.2 Å². The van der Waals surface area contributed by atoms with Crippen molar-refractivity contribution < 1.29 is 8.42 Å². The lowest BCUT2D eigenvalue weighted by Gasteiger charge is -2.26. The molecule has 2 aliphatic heterocycles. The molecule has 1 fully saturated rings. The molecule has 3 rings (SSSR count). The number of hydrogen-bond acceptors (Lipinski definition) is 3. The Morgan fingerprint density at radius 1 is 1.10 bits per heavy atom. The lowest BCUT2D eigenvalue weighted by molar-refractivity contribution is 0.349. The Morgan fingerprint density at radius 3 is 2.70 bits per heavy atom. The minimum atomic E-state index is -3.40. The lowest BCUT2D eigenvalue weighted by atomic mass is 10.0. The summed E-state index contributed by atoms with van der Waals surface area (Å²) in [6.45, 7) is 2.25. The minimum absolute atomic E-state index is 0.627. The Bertz CT molecular complexity index is 580. The molecule has 0 radical (unpaired) electrons. The molecule has 110 valence electrons. The summed E-state index contributed by atoms with van der Waals surface area (Å²) in [5, 5.41) is 3.33. The molecule has 1 saturated heterocycles. The molecule has 2 heterocycles. The summed E-state index contributed by atoms with van der Waals surface area (Å²) in [5.74, 6) is 0. The van der Waals surface area contributed by atoms with Crippen molar-refractivity contribution in [1.82, 2.24) is 4.31 Å². The number of benzene rings is 1. The first-order chi connectivity index (χ1) is 9.65. The predicted molar refractivity (Wildman–Crippen MR) is 81.2 cm³/mol. The van der Waals surface area contributed by atoms with Crippen molar-refractivity contribution in [2.45, 2.75) is 32.1 Å². The number of nitrogens with zero attached hydrogens (tertiary/aromatic N) is 1. The Hall–Kier alpha value is -1.27. The van der Waals surface area contributed by atoms with Crippen LogP contribution in [0.2, 0.25) is 0 Å². The van der Waals surface area contributed by atoms with E-state index in [1.54, 1.807) is 4.31 Å². The maximum atomic E-state index is 12.3. The van der Waals surface area contributed by atoms with Crippen LogP contribution >= 0.6 is 0 Å². The highest BCUT2D eigenvalue weighted by molar-refractivity contribution is 7.90. The molecule has 0 aliphatic carbocycles. The van der Waals surface area contributed by atoms with Gasteiger partial charge in [-0.05, 0) is 49.4 Å². The van der Waals surface area contributed by atoms with Gasteiger partial charge in [0, 0.05) is 25.3 Å². The molecule has 1 aromatic carbocycles. The number of piperidine rings is 1. The maximum absolute atomic E-state index is 12.3. The zero-order valence-electron chi connectivity index (χ0n) is 11.6. The van der Waals surface area contributed by atoms with E-state index >= 15 is 0 Å². The molecule has 5 nitrogen and oxygen atoms in total. The van der Waals surface area contributed by atoms with Crippen LogP contribution in [0.3, 0.4) is 0 Å². The number of aryl methyl sites for hydroxylation is 1. The standard InChI is InChI=1S/C14H21N3O2S/c18-20(19,17-9-2-1-3-10-17)16-13-6-7-14-12(11-13)5-4-8-15-14/h6-7,11,15-16H,1-5,8-10H2. The van der Waals surface area contributed by atoms with E-state index in [-0.39, 0.29) is 0 Å². The van der Waals surface area contributed by atoms with Crippen LogP contribution in [0, 0.1) is 0 Å². The fraction of sp³-hybridized carbons (Fsp3) is 0.571. The van der Waals surface area contributed by atoms with Crippen LogP contribution in [-0.4, -0.2) is 32.4 Å². The number of rotatable bonds is 3. The quantitative estimate of drug-likeness (QED) is 0.898. The van der Waals surface area contributed by atoms with E-state index in [1.807, 2.05) is 18.2 Å². The molecule has 2 N–H and O–H groups in total. The van der Waals surface area contributed by atoms with Gasteiger partial charge in [-0.1, -0.05) is 6.42 Å². The second kappa shape index (κ2) is 5.61. The zero-order chi connectivity index (χ0) is 14.0. The largest absolute Gasteiger partial charge is 0.385 e. The summed E-state index contributed by atoms with van der Waals surface area (Å²) in [4.78, 5) is 0. The number of anilines is 2. The first-order valence-corrected chi connectivity index (χ1v) is 8.74. The van der Waals surface area contributed by atoms with Crippen molar-refractivity contribution in [3.05, 3.63) is 23.8 Å². The van der Waals surface area contributed by atoms with Gasteiger partial charge in [-0.25, -0.2) is 0 Å². The molecular weight excluding hydrogens is 274 g/mol. The molecule has 20 heavy (non-hydrogen) atoms. The van der Waals surface area contributed by atoms with Gasteiger partial charge in [0.25, 0.3) is 0 Å². The smallest absolute Gasteiger partial charge is 0.301 e. The van der Waals surface area contributed by atoms with E-state index in [0.717, 1.165) is 44.3 Å². The van der Waals surface area contributed by atoms with Crippen LogP contribution in [-0.2, 0) is 16.6 Å². The van der Waals surface area contributed by atoms with Crippen molar-refractivity contribution in [2.75, 3.05) is 29.7 Å². The Morgan fingerprint density at radius 2 is 1.90 bits per heavy atom. The molecule has 0 aromatic heterocycles. The number of nitrogens with one attached hydrogen (secondary N) is 2. The molecular formula is C14H21N3O2S. The summed E-state index contributed by atoms with van der Waals surface area (Å²) in [7, 11) is -3.40. The lowest BCUT2D eigenvalue weighted by Crippen LogP contribution is -2.39. The van der Waals surface area contributed by atoms with Crippen molar-refractivity contribution in [1.29, 1.82) is 0 Å². The number of fused-ring (bicyclic) bond motifs is 1. The van der Waals surface area contributed by atoms with Crippen LogP contribution in [0.25, 0.3) is 0 Å². The van der Waals surface area contributed by atoms with E-state index in [0.29, 0.717) is 18.8 Å².